The van der Waals surface area contributed by atoms with E-state index in [4.69, 9.17) is 9.15 Å². The van der Waals surface area contributed by atoms with Crippen molar-refractivity contribution < 1.29 is 13.9 Å². The molecule has 1 N–H and O–H groups in total. The van der Waals surface area contributed by atoms with Gasteiger partial charge in [0.15, 0.2) is 6.10 Å². The number of nitrogens with zero attached hydrogens (tertiary/aromatic N) is 2. The smallest absolute Gasteiger partial charge is 0.260 e. The fourth-order valence-electron chi connectivity index (χ4n) is 1.68. The van der Waals surface area contributed by atoms with Gasteiger partial charge < -0.3 is 14.5 Å². The van der Waals surface area contributed by atoms with Gasteiger partial charge in [-0.1, -0.05) is 13.8 Å². The Labute approximate surface area is 123 Å². The SMILES string of the molecule is CC(C)CNC(=O)[C@@H](C)Oc1ccc(-c2nnco2)cc1. The van der Waals surface area contributed by atoms with Gasteiger partial charge in [-0.15, -0.1) is 10.2 Å². The van der Waals surface area contributed by atoms with Gasteiger partial charge in [0.2, 0.25) is 12.3 Å². The van der Waals surface area contributed by atoms with E-state index in [2.05, 4.69) is 15.5 Å². The fourth-order valence-corrected chi connectivity index (χ4v) is 1.68. The number of hydrogen-bond acceptors (Lipinski definition) is 5. The first kappa shape index (κ1) is 15.0. The third kappa shape index (κ3) is 4.30. The summed E-state index contributed by atoms with van der Waals surface area (Å²) in [6.07, 6.45) is 0.735. The number of carbonyl (C=O) groups is 1. The molecule has 2 aromatic rings. The van der Waals surface area contributed by atoms with Crippen molar-refractivity contribution in [1.82, 2.24) is 15.5 Å². The maximum atomic E-state index is 11.8. The molecule has 1 atom stereocenters. The monoisotopic (exact) mass is 289 g/mol. The first-order valence-corrected chi connectivity index (χ1v) is 6.87. The summed E-state index contributed by atoms with van der Waals surface area (Å²) in [7, 11) is 0. The van der Waals surface area contributed by atoms with Crippen LogP contribution in [0.15, 0.2) is 35.1 Å². The Bertz CT molecular complexity index is 564. The zero-order valence-corrected chi connectivity index (χ0v) is 12.4. The molecule has 1 aromatic carbocycles. The lowest BCUT2D eigenvalue weighted by Crippen LogP contribution is -2.38. The molecule has 112 valence electrons. The van der Waals surface area contributed by atoms with Gasteiger partial charge >= 0.3 is 0 Å². The predicted octanol–water partition coefficient (Wildman–Crippen LogP) is 2.28. The number of ether oxygens (including phenoxy) is 1. The van der Waals surface area contributed by atoms with Crippen molar-refractivity contribution in [2.45, 2.75) is 26.9 Å². The number of benzene rings is 1. The Balaban J connectivity index is 1.92. The average Bonchev–Trinajstić information content (AvgIpc) is 2.99. The van der Waals surface area contributed by atoms with Crippen LogP contribution in [-0.4, -0.2) is 28.8 Å². The molecule has 0 bridgehead atoms. The van der Waals surface area contributed by atoms with Crippen LogP contribution in [0.25, 0.3) is 11.5 Å². The summed E-state index contributed by atoms with van der Waals surface area (Å²) in [5.41, 5.74) is 0.803. The minimum Gasteiger partial charge on any atom is -0.481 e. The van der Waals surface area contributed by atoms with Crippen molar-refractivity contribution in [2.75, 3.05) is 6.54 Å². The predicted molar refractivity (Wildman–Crippen MR) is 77.7 cm³/mol. The molecule has 0 fully saturated rings. The zero-order chi connectivity index (χ0) is 15.2. The topological polar surface area (TPSA) is 77.2 Å². The van der Waals surface area contributed by atoms with Gasteiger partial charge in [0.1, 0.15) is 5.75 Å². The highest BCUT2D eigenvalue weighted by Gasteiger charge is 2.14. The number of nitrogens with one attached hydrogen (secondary N) is 1. The van der Waals surface area contributed by atoms with Crippen molar-refractivity contribution in [3.8, 4) is 17.2 Å². The number of aromatic nitrogens is 2. The molecule has 1 amide bonds. The third-order valence-electron chi connectivity index (χ3n) is 2.83. The van der Waals surface area contributed by atoms with Crippen LogP contribution in [0.3, 0.4) is 0 Å². The van der Waals surface area contributed by atoms with Crippen LogP contribution in [0.4, 0.5) is 0 Å². The molecule has 0 aliphatic heterocycles. The summed E-state index contributed by atoms with van der Waals surface area (Å²) in [5.74, 6) is 1.36. The minimum absolute atomic E-state index is 0.121. The molecule has 6 heteroatoms. The summed E-state index contributed by atoms with van der Waals surface area (Å²) in [6.45, 7) is 6.45. The number of amides is 1. The summed E-state index contributed by atoms with van der Waals surface area (Å²) in [5, 5.41) is 10.3. The summed E-state index contributed by atoms with van der Waals surface area (Å²) in [6, 6.07) is 7.15. The van der Waals surface area contributed by atoms with Crippen molar-refractivity contribution in [3.05, 3.63) is 30.7 Å². The number of hydrogen-bond donors (Lipinski definition) is 1. The van der Waals surface area contributed by atoms with Gasteiger partial charge in [-0.25, -0.2) is 0 Å². The molecular weight excluding hydrogens is 270 g/mol. The lowest BCUT2D eigenvalue weighted by Gasteiger charge is -2.15. The highest BCUT2D eigenvalue weighted by atomic mass is 16.5. The molecule has 0 saturated carbocycles. The second kappa shape index (κ2) is 6.88. The van der Waals surface area contributed by atoms with Crippen molar-refractivity contribution >= 4 is 5.91 Å². The van der Waals surface area contributed by atoms with Gasteiger partial charge in [-0.3, -0.25) is 4.79 Å². The molecule has 1 heterocycles. The molecule has 0 saturated heterocycles. The Morgan fingerprint density at radius 1 is 1.29 bits per heavy atom. The Morgan fingerprint density at radius 3 is 2.57 bits per heavy atom. The molecular formula is C15H19N3O3. The van der Waals surface area contributed by atoms with Crippen LogP contribution >= 0.6 is 0 Å². The highest BCUT2D eigenvalue weighted by Crippen LogP contribution is 2.20. The quantitative estimate of drug-likeness (QED) is 0.882. The van der Waals surface area contributed by atoms with E-state index in [1.165, 1.54) is 6.39 Å². The largest absolute Gasteiger partial charge is 0.481 e. The minimum atomic E-state index is -0.544. The lowest BCUT2D eigenvalue weighted by molar-refractivity contribution is -0.127. The molecule has 1 aromatic heterocycles. The lowest BCUT2D eigenvalue weighted by atomic mass is 10.2. The van der Waals surface area contributed by atoms with E-state index in [0.717, 1.165) is 5.56 Å². The van der Waals surface area contributed by atoms with Gasteiger partial charge in [-0.2, -0.15) is 0 Å². The van der Waals surface area contributed by atoms with E-state index in [0.29, 0.717) is 24.1 Å². The molecule has 2 rings (SSSR count). The average molecular weight is 289 g/mol. The summed E-state index contributed by atoms with van der Waals surface area (Å²) < 4.78 is 10.7. The first-order valence-electron chi connectivity index (χ1n) is 6.87. The van der Waals surface area contributed by atoms with E-state index >= 15 is 0 Å². The Kier molecular flexibility index (Phi) is 4.92. The number of rotatable bonds is 6. The van der Waals surface area contributed by atoms with Crippen LogP contribution in [-0.2, 0) is 4.79 Å². The second-order valence-corrected chi connectivity index (χ2v) is 5.17. The van der Waals surface area contributed by atoms with E-state index in [1.54, 1.807) is 19.1 Å². The molecule has 0 spiro atoms. The van der Waals surface area contributed by atoms with Crippen molar-refractivity contribution in [2.24, 2.45) is 5.92 Å². The van der Waals surface area contributed by atoms with Crippen LogP contribution in [0, 0.1) is 5.92 Å². The van der Waals surface area contributed by atoms with Gasteiger partial charge in [-0.05, 0) is 37.1 Å². The standard InChI is InChI=1S/C15H19N3O3/c1-10(2)8-16-14(19)11(3)21-13-6-4-12(5-7-13)15-18-17-9-20-15/h4-7,9-11H,8H2,1-3H3,(H,16,19)/t11-/m1/s1. The van der Waals surface area contributed by atoms with E-state index < -0.39 is 6.10 Å². The second-order valence-electron chi connectivity index (χ2n) is 5.17. The van der Waals surface area contributed by atoms with E-state index in [9.17, 15) is 4.79 Å². The third-order valence-corrected chi connectivity index (χ3v) is 2.83. The van der Waals surface area contributed by atoms with Crippen LogP contribution in [0.1, 0.15) is 20.8 Å². The molecule has 0 radical (unpaired) electrons. The fraction of sp³-hybridized carbons (Fsp3) is 0.400. The van der Waals surface area contributed by atoms with Crippen LogP contribution < -0.4 is 10.1 Å². The van der Waals surface area contributed by atoms with Crippen molar-refractivity contribution in [1.29, 1.82) is 0 Å². The maximum absolute atomic E-state index is 11.8. The number of carbonyl (C=O) groups excluding carboxylic acids is 1. The van der Waals surface area contributed by atoms with Gasteiger partial charge in [0, 0.05) is 12.1 Å². The Morgan fingerprint density at radius 2 is 2.00 bits per heavy atom. The van der Waals surface area contributed by atoms with Crippen molar-refractivity contribution in [3.63, 3.8) is 0 Å². The normalized spacial score (nSPS) is 12.2. The van der Waals surface area contributed by atoms with Gasteiger partial charge in [0.25, 0.3) is 5.91 Å². The zero-order valence-electron chi connectivity index (χ0n) is 12.4. The molecule has 6 nitrogen and oxygen atoms in total. The first-order chi connectivity index (χ1) is 10.1. The van der Waals surface area contributed by atoms with E-state index in [-0.39, 0.29) is 5.91 Å². The molecule has 0 aliphatic carbocycles. The highest BCUT2D eigenvalue weighted by molar-refractivity contribution is 5.80. The maximum Gasteiger partial charge on any atom is 0.260 e. The van der Waals surface area contributed by atoms with Crippen LogP contribution in [0.5, 0.6) is 5.75 Å². The molecule has 0 aliphatic rings. The Hall–Kier alpha value is -2.37. The summed E-state index contributed by atoms with van der Waals surface area (Å²) >= 11 is 0. The summed E-state index contributed by atoms with van der Waals surface area (Å²) in [4.78, 5) is 11.8. The molecule has 21 heavy (non-hydrogen) atoms. The molecule has 0 unspecified atom stereocenters. The van der Waals surface area contributed by atoms with E-state index in [1.807, 2.05) is 26.0 Å². The van der Waals surface area contributed by atoms with Gasteiger partial charge in [0.05, 0.1) is 0 Å². The van der Waals surface area contributed by atoms with Crippen LogP contribution in [0.2, 0.25) is 0 Å².